The zero-order valence-corrected chi connectivity index (χ0v) is 14.0. The normalized spacial score (nSPS) is 10.8. The van der Waals surface area contributed by atoms with E-state index in [9.17, 15) is 0 Å². The van der Waals surface area contributed by atoms with Crippen molar-refractivity contribution in [3.05, 3.63) is 35.1 Å². The molecule has 3 aromatic rings. The van der Waals surface area contributed by atoms with Gasteiger partial charge < -0.3 is 20.5 Å². The third-order valence-electron chi connectivity index (χ3n) is 3.51. The van der Waals surface area contributed by atoms with Gasteiger partial charge in [-0.1, -0.05) is 0 Å². The summed E-state index contributed by atoms with van der Waals surface area (Å²) in [6.45, 7) is 2.29. The molecule has 120 valence electrons. The lowest BCUT2D eigenvalue weighted by molar-refractivity contribution is 0.397. The highest BCUT2D eigenvalue weighted by atomic mass is 32.1. The van der Waals surface area contributed by atoms with Gasteiger partial charge in [-0.3, -0.25) is 4.98 Å². The number of ether oxygens (including phenoxy) is 2. The molecule has 23 heavy (non-hydrogen) atoms. The predicted molar refractivity (Wildman–Crippen MR) is 92.9 cm³/mol. The number of nitrogens with one attached hydrogen (secondary N) is 1. The highest BCUT2D eigenvalue weighted by molar-refractivity contribution is 7.13. The van der Waals surface area contributed by atoms with E-state index in [-0.39, 0.29) is 0 Å². The number of aromatic nitrogens is 2. The van der Waals surface area contributed by atoms with E-state index >= 15 is 0 Å². The lowest BCUT2D eigenvalue weighted by Gasteiger charge is -2.14. The Morgan fingerprint density at radius 3 is 2.70 bits per heavy atom. The molecule has 3 rings (SSSR count). The zero-order chi connectivity index (χ0) is 16.4. The number of nitrogens with two attached hydrogens (primary N) is 1. The van der Waals surface area contributed by atoms with E-state index in [0.29, 0.717) is 18.0 Å². The number of rotatable bonds is 5. The molecule has 0 radical (unpaired) electrons. The Morgan fingerprint density at radius 1 is 1.26 bits per heavy atom. The minimum atomic E-state index is 0.329. The van der Waals surface area contributed by atoms with Gasteiger partial charge in [-0.15, -0.1) is 11.3 Å². The lowest BCUT2D eigenvalue weighted by Crippen LogP contribution is -2.04. The number of anilines is 2. The molecule has 0 unspecified atom stereocenters. The fourth-order valence-electron chi connectivity index (χ4n) is 2.44. The number of thiazole rings is 1. The summed E-state index contributed by atoms with van der Waals surface area (Å²) in [5.41, 5.74) is 8.43. The van der Waals surface area contributed by atoms with Crippen LogP contribution in [0.1, 0.15) is 11.4 Å². The number of nitrogens with zero attached hydrogens (tertiary/aromatic N) is 2. The lowest BCUT2D eigenvalue weighted by atomic mass is 10.1. The Balaban J connectivity index is 2.21. The van der Waals surface area contributed by atoms with Crippen LogP contribution in [0.2, 0.25) is 0 Å². The van der Waals surface area contributed by atoms with Crippen LogP contribution in [0, 0.1) is 6.92 Å². The van der Waals surface area contributed by atoms with E-state index in [4.69, 9.17) is 15.2 Å². The maximum absolute atomic E-state index is 5.84. The summed E-state index contributed by atoms with van der Waals surface area (Å²) in [7, 11) is 3.25. The number of aryl methyl sites for hydroxylation is 1. The largest absolute Gasteiger partial charge is 0.497 e. The molecule has 0 atom stereocenters. The summed E-state index contributed by atoms with van der Waals surface area (Å²) in [6, 6.07) is 3.78. The van der Waals surface area contributed by atoms with Crippen molar-refractivity contribution >= 4 is 32.9 Å². The van der Waals surface area contributed by atoms with Crippen molar-refractivity contribution < 1.29 is 9.47 Å². The topological polar surface area (TPSA) is 82.3 Å². The minimum absolute atomic E-state index is 0.329. The summed E-state index contributed by atoms with van der Waals surface area (Å²) in [6.07, 6.45) is 1.76. The molecule has 6 nitrogen and oxygen atoms in total. The van der Waals surface area contributed by atoms with Crippen LogP contribution in [0.4, 0.5) is 10.8 Å². The highest BCUT2D eigenvalue weighted by Crippen LogP contribution is 2.37. The van der Waals surface area contributed by atoms with E-state index < -0.39 is 0 Å². The number of benzene rings is 1. The van der Waals surface area contributed by atoms with E-state index in [1.54, 1.807) is 31.8 Å². The second-order valence-electron chi connectivity index (χ2n) is 4.99. The first-order chi connectivity index (χ1) is 11.2. The van der Waals surface area contributed by atoms with Gasteiger partial charge in [0.1, 0.15) is 11.5 Å². The molecule has 0 bridgehead atoms. The molecule has 0 aliphatic rings. The molecule has 0 aliphatic carbocycles. The van der Waals surface area contributed by atoms with Crippen molar-refractivity contribution in [3.63, 3.8) is 0 Å². The molecular formula is C16H18N4O2S. The third kappa shape index (κ3) is 2.93. The highest BCUT2D eigenvalue weighted by Gasteiger charge is 2.14. The van der Waals surface area contributed by atoms with Gasteiger partial charge in [-0.2, -0.15) is 0 Å². The third-order valence-corrected chi connectivity index (χ3v) is 4.39. The van der Waals surface area contributed by atoms with Crippen LogP contribution in [0.3, 0.4) is 0 Å². The second-order valence-corrected chi connectivity index (χ2v) is 5.85. The van der Waals surface area contributed by atoms with Gasteiger partial charge in [0.2, 0.25) is 0 Å². The summed E-state index contributed by atoms with van der Waals surface area (Å²) in [5, 5.41) is 7.94. The standard InChI is InChI=1S/C16H18N4O2S/c1-9-8-23-16(19-9)20-13-7-18-12(6-17)15-11(13)4-10(21-2)5-14(15)22-3/h4-5,7-8H,6,17H2,1-3H3,(H,19,20). The van der Waals surface area contributed by atoms with Gasteiger partial charge in [-0.05, 0) is 13.0 Å². The van der Waals surface area contributed by atoms with Crippen molar-refractivity contribution in [2.45, 2.75) is 13.5 Å². The molecule has 2 heterocycles. The maximum Gasteiger partial charge on any atom is 0.187 e. The van der Waals surface area contributed by atoms with E-state index in [2.05, 4.69) is 15.3 Å². The Morgan fingerprint density at radius 2 is 2.09 bits per heavy atom. The molecular weight excluding hydrogens is 312 g/mol. The van der Waals surface area contributed by atoms with Gasteiger partial charge in [0.25, 0.3) is 0 Å². The smallest absolute Gasteiger partial charge is 0.187 e. The van der Waals surface area contributed by atoms with Crippen LogP contribution in [-0.4, -0.2) is 24.2 Å². The van der Waals surface area contributed by atoms with Crippen molar-refractivity contribution in [1.29, 1.82) is 0 Å². The SMILES string of the molecule is COc1cc(OC)c2c(CN)ncc(Nc3nc(C)cs3)c2c1. The fraction of sp³-hybridized carbons (Fsp3) is 0.250. The zero-order valence-electron chi connectivity index (χ0n) is 13.2. The van der Waals surface area contributed by atoms with E-state index in [0.717, 1.165) is 33.0 Å². The van der Waals surface area contributed by atoms with Crippen LogP contribution >= 0.6 is 11.3 Å². The number of hydrogen-bond acceptors (Lipinski definition) is 7. The van der Waals surface area contributed by atoms with Gasteiger partial charge in [0.05, 0.1) is 37.5 Å². The number of fused-ring (bicyclic) bond motifs is 1. The summed E-state index contributed by atoms with van der Waals surface area (Å²) in [4.78, 5) is 8.89. The molecule has 0 saturated heterocycles. The summed E-state index contributed by atoms with van der Waals surface area (Å²) in [5.74, 6) is 1.40. The van der Waals surface area contributed by atoms with Crippen LogP contribution in [0.5, 0.6) is 11.5 Å². The number of pyridine rings is 1. The van der Waals surface area contributed by atoms with Gasteiger partial charge in [0.15, 0.2) is 5.13 Å². The quantitative estimate of drug-likeness (QED) is 0.747. The van der Waals surface area contributed by atoms with Gasteiger partial charge >= 0.3 is 0 Å². The Bertz CT molecular complexity index is 847. The summed E-state index contributed by atoms with van der Waals surface area (Å²) >= 11 is 1.55. The average molecular weight is 330 g/mol. The molecule has 1 aromatic carbocycles. The average Bonchev–Trinajstić information content (AvgIpc) is 2.99. The first-order valence-corrected chi connectivity index (χ1v) is 7.97. The molecule has 0 amide bonds. The van der Waals surface area contributed by atoms with Crippen molar-refractivity contribution in [2.75, 3.05) is 19.5 Å². The first kappa shape index (κ1) is 15.5. The van der Waals surface area contributed by atoms with E-state index in [1.807, 2.05) is 24.4 Å². The van der Waals surface area contributed by atoms with E-state index in [1.165, 1.54) is 0 Å². The van der Waals surface area contributed by atoms with Crippen LogP contribution < -0.4 is 20.5 Å². The van der Waals surface area contributed by atoms with Crippen LogP contribution in [-0.2, 0) is 6.54 Å². The van der Waals surface area contributed by atoms with Crippen LogP contribution in [0.25, 0.3) is 10.8 Å². The minimum Gasteiger partial charge on any atom is -0.497 e. The van der Waals surface area contributed by atoms with Crippen molar-refractivity contribution in [2.24, 2.45) is 5.73 Å². The monoisotopic (exact) mass is 330 g/mol. The van der Waals surface area contributed by atoms with Crippen molar-refractivity contribution in [3.8, 4) is 11.5 Å². The Kier molecular flexibility index (Phi) is 4.31. The molecule has 0 spiro atoms. The number of methoxy groups -OCH3 is 2. The first-order valence-electron chi connectivity index (χ1n) is 7.09. The second kappa shape index (κ2) is 6.39. The van der Waals surface area contributed by atoms with Gasteiger partial charge in [0, 0.05) is 28.8 Å². The predicted octanol–water partition coefficient (Wildman–Crippen LogP) is 3.22. The molecule has 0 saturated carbocycles. The maximum atomic E-state index is 5.84. The van der Waals surface area contributed by atoms with Crippen molar-refractivity contribution in [1.82, 2.24) is 9.97 Å². The molecule has 0 fully saturated rings. The Labute approximate surface area is 138 Å². The Hall–Kier alpha value is -2.38. The molecule has 0 aliphatic heterocycles. The molecule has 3 N–H and O–H groups in total. The fourth-order valence-corrected chi connectivity index (χ4v) is 3.14. The van der Waals surface area contributed by atoms with Gasteiger partial charge in [-0.25, -0.2) is 4.98 Å². The number of hydrogen-bond donors (Lipinski definition) is 2. The molecule has 2 aromatic heterocycles. The summed E-state index contributed by atoms with van der Waals surface area (Å²) < 4.78 is 10.9. The van der Waals surface area contributed by atoms with Crippen LogP contribution in [0.15, 0.2) is 23.7 Å². The molecule has 7 heteroatoms.